The molecule has 18 heavy (non-hydrogen) atoms. The van der Waals surface area contributed by atoms with Crippen LogP contribution in [-0.4, -0.2) is 36.8 Å². The Kier molecular flexibility index (Phi) is 3.87. The number of carboxylic acids is 1. The zero-order valence-corrected chi connectivity index (χ0v) is 10.9. The Bertz CT molecular complexity index is 430. The first-order valence-electron chi connectivity index (χ1n) is 6.33. The van der Waals surface area contributed by atoms with Crippen LogP contribution in [0.15, 0.2) is 24.3 Å². The van der Waals surface area contributed by atoms with E-state index >= 15 is 0 Å². The predicted molar refractivity (Wildman–Crippen MR) is 72.0 cm³/mol. The van der Waals surface area contributed by atoms with E-state index in [9.17, 15) is 9.90 Å². The second-order valence-corrected chi connectivity index (χ2v) is 5.05. The average Bonchev–Trinajstić information content (AvgIpc) is 3.12. The summed E-state index contributed by atoms with van der Waals surface area (Å²) < 4.78 is 0. The lowest BCUT2D eigenvalue weighted by molar-refractivity contribution is -0.139. The lowest BCUT2D eigenvalue weighted by Crippen LogP contribution is -2.46. The molecule has 1 aliphatic rings. The molecule has 1 aliphatic carbocycles. The summed E-state index contributed by atoms with van der Waals surface area (Å²) in [5.74, 6) is -0.776. The van der Waals surface area contributed by atoms with E-state index < -0.39 is 12.0 Å². The van der Waals surface area contributed by atoms with Crippen LogP contribution in [0.3, 0.4) is 0 Å². The highest BCUT2D eigenvalue weighted by atomic mass is 16.4. The Morgan fingerprint density at radius 2 is 2.28 bits per heavy atom. The number of hydrogen-bond acceptors (Lipinski definition) is 3. The second-order valence-electron chi connectivity index (χ2n) is 5.05. The molecule has 0 bridgehead atoms. The second kappa shape index (κ2) is 5.40. The fourth-order valence-corrected chi connectivity index (χ4v) is 1.98. The molecule has 2 rings (SSSR count). The fraction of sp³-hybridized carbons (Fsp3) is 0.500. The smallest absolute Gasteiger partial charge is 0.322 e. The van der Waals surface area contributed by atoms with Crippen LogP contribution in [-0.2, 0) is 4.79 Å². The molecule has 0 radical (unpaired) electrons. The molecule has 0 aliphatic heterocycles. The van der Waals surface area contributed by atoms with E-state index in [4.69, 9.17) is 0 Å². The molecule has 1 saturated carbocycles. The van der Waals surface area contributed by atoms with Crippen molar-refractivity contribution in [2.45, 2.75) is 31.8 Å². The first-order chi connectivity index (χ1) is 8.56. The maximum atomic E-state index is 11.2. The van der Waals surface area contributed by atoms with Gasteiger partial charge in [-0.25, -0.2) is 0 Å². The molecule has 4 nitrogen and oxygen atoms in total. The van der Waals surface area contributed by atoms with Gasteiger partial charge in [0.1, 0.15) is 6.04 Å². The molecule has 1 atom stereocenters. The highest BCUT2D eigenvalue weighted by molar-refractivity contribution is 5.74. The van der Waals surface area contributed by atoms with Crippen LogP contribution < -0.4 is 10.2 Å². The molecule has 1 unspecified atom stereocenters. The van der Waals surface area contributed by atoms with E-state index in [-0.39, 0.29) is 0 Å². The van der Waals surface area contributed by atoms with Crippen LogP contribution in [0, 0.1) is 6.92 Å². The summed E-state index contributed by atoms with van der Waals surface area (Å²) in [7, 11) is 1.93. The Balaban J connectivity index is 1.99. The number of nitrogens with one attached hydrogen (secondary N) is 1. The third-order valence-corrected chi connectivity index (χ3v) is 3.21. The van der Waals surface area contributed by atoms with E-state index in [0.717, 1.165) is 18.5 Å². The zero-order valence-electron chi connectivity index (χ0n) is 10.9. The van der Waals surface area contributed by atoms with Crippen molar-refractivity contribution in [2.75, 3.05) is 18.5 Å². The van der Waals surface area contributed by atoms with Crippen LogP contribution >= 0.6 is 0 Å². The first kappa shape index (κ1) is 12.9. The fourth-order valence-electron chi connectivity index (χ4n) is 1.98. The maximum absolute atomic E-state index is 11.2. The van der Waals surface area contributed by atoms with Gasteiger partial charge in [-0.05, 0) is 37.5 Å². The molecule has 2 N–H and O–H groups in total. The number of hydrogen-bond donors (Lipinski definition) is 2. The SMILES string of the molecule is Cc1cccc(N(C)CC(NC2CC2)C(=O)O)c1. The van der Waals surface area contributed by atoms with Crippen molar-refractivity contribution in [1.29, 1.82) is 0 Å². The molecular formula is C14H20N2O2. The van der Waals surface area contributed by atoms with Gasteiger partial charge in [-0.1, -0.05) is 12.1 Å². The molecule has 1 aromatic rings. The number of rotatable bonds is 6. The van der Waals surface area contributed by atoms with Gasteiger partial charge in [-0.2, -0.15) is 0 Å². The molecule has 1 fully saturated rings. The van der Waals surface area contributed by atoms with Crippen molar-refractivity contribution in [1.82, 2.24) is 5.32 Å². The summed E-state index contributed by atoms with van der Waals surface area (Å²) in [6.07, 6.45) is 2.19. The summed E-state index contributed by atoms with van der Waals surface area (Å²) in [6.45, 7) is 2.52. The standard InChI is InChI=1S/C14H20N2O2/c1-10-4-3-5-12(8-10)16(2)9-13(14(17)18)15-11-6-7-11/h3-5,8,11,13,15H,6-7,9H2,1-2H3,(H,17,18). The molecule has 0 aromatic heterocycles. The van der Waals surface area contributed by atoms with Crippen LogP contribution in [0.5, 0.6) is 0 Å². The number of anilines is 1. The van der Waals surface area contributed by atoms with Gasteiger partial charge in [-0.15, -0.1) is 0 Å². The van der Waals surface area contributed by atoms with Crippen molar-refractivity contribution in [3.8, 4) is 0 Å². The molecule has 0 heterocycles. The van der Waals surface area contributed by atoms with Gasteiger partial charge in [-0.3, -0.25) is 4.79 Å². The molecule has 0 saturated heterocycles. The third-order valence-electron chi connectivity index (χ3n) is 3.21. The number of carbonyl (C=O) groups is 1. The quantitative estimate of drug-likeness (QED) is 0.803. The van der Waals surface area contributed by atoms with Crippen LogP contribution in [0.1, 0.15) is 18.4 Å². The number of benzene rings is 1. The average molecular weight is 248 g/mol. The Morgan fingerprint density at radius 1 is 1.56 bits per heavy atom. The summed E-state index contributed by atoms with van der Waals surface area (Å²) >= 11 is 0. The van der Waals surface area contributed by atoms with E-state index in [1.165, 1.54) is 5.56 Å². The lowest BCUT2D eigenvalue weighted by Gasteiger charge is -2.24. The topological polar surface area (TPSA) is 52.6 Å². The van der Waals surface area contributed by atoms with Gasteiger partial charge in [0.2, 0.25) is 0 Å². The highest BCUT2D eigenvalue weighted by Crippen LogP contribution is 2.20. The van der Waals surface area contributed by atoms with Crippen molar-refractivity contribution < 1.29 is 9.90 Å². The molecule has 98 valence electrons. The van der Waals surface area contributed by atoms with Crippen molar-refractivity contribution in [3.63, 3.8) is 0 Å². The number of aliphatic carboxylic acids is 1. The minimum atomic E-state index is -0.776. The summed E-state index contributed by atoms with van der Waals surface area (Å²) in [4.78, 5) is 13.2. The first-order valence-corrected chi connectivity index (χ1v) is 6.33. The van der Waals surface area contributed by atoms with Gasteiger partial charge in [0.25, 0.3) is 0 Å². The zero-order chi connectivity index (χ0) is 13.1. The Hall–Kier alpha value is -1.55. The Morgan fingerprint density at radius 3 is 2.83 bits per heavy atom. The van der Waals surface area contributed by atoms with E-state index in [1.54, 1.807) is 0 Å². The van der Waals surface area contributed by atoms with Gasteiger partial charge in [0, 0.05) is 25.3 Å². The summed E-state index contributed by atoms with van der Waals surface area (Å²) in [5, 5.41) is 12.4. The minimum absolute atomic E-state index is 0.400. The number of aryl methyl sites for hydroxylation is 1. The van der Waals surface area contributed by atoms with Gasteiger partial charge >= 0.3 is 5.97 Å². The minimum Gasteiger partial charge on any atom is -0.480 e. The number of carboxylic acid groups (broad SMARTS) is 1. The lowest BCUT2D eigenvalue weighted by atomic mass is 10.2. The largest absolute Gasteiger partial charge is 0.480 e. The van der Waals surface area contributed by atoms with E-state index in [2.05, 4.69) is 11.4 Å². The molecule has 1 aromatic carbocycles. The van der Waals surface area contributed by atoms with Gasteiger partial charge in [0.05, 0.1) is 0 Å². The van der Waals surface area contributed by atoms with Crippen molar-refractivity contribution in [3.05, 3.63) is 29.8 Å². The Labute approximate surface area is 108 Å². The summed E-state index contributed by atoms with van der Waals surface area (Å²) in [6, 6.07) is 8.00. The van der Waals surface area contributed by atoms with Gasteiger partial charge in [0.15, 0.2) is 0 Å². The normalized spacial score (nSPS) is 16.3. The molecule has 4 heteroatoms. The van der Waals surface area contributed by atoms with Crippen LogP contribution in [0.4, 0.5) is 5.69 Å². The van der Waals surface area contributed by atoms with Crippen molar-refractivity contribution in [2.24, 2.45) is 0 Å². The third kappa shape index (κ3) is 3.47. The summed E-state index contributed by atoms with van der Waals surface area (Å²) in [5.41, 5.74) is 2.24. The predicted octanol–water partition coefficient (Wildman–Crippen LogP) is 1.64. The van der Waals surface area contributed by atoms with Crippen molar-refractivity contribution >= 4 is 11.7 Å². The van der Waals surface area contributed by atoms with E-state index in [0.29, 0.717) is 12.6 Å². The molecular weight excluding hydrogens is 228 g/mol. The van der Waals surface area contributed by atoms with Crippen LogP contribution in [0.25, 0.3) is 0 Å². The highest BCUT2D eigenvalue weighted by Gasteiger charge is 2.28. The van der Waals surface area contributed by atoms with Crippen LogP contribution in [0.2, 0.25) is 0 Å². The molecule has 0 amide bonds. The number of likely N-dealkylation sites (N-methyl/N-ethyl adjacent to an activating group) is 1. The molecule has 0 spiro atoms. The number of nitrogens with zero attached hydrogens (tertiary/aromatic N) is 1. The monoisotopic (exact) mass is 248 g/mol. The maximum Gasteiger partial charge on any atom is 0.322 e. The van der Waals surface area contributed by atoms with Gasteiger partial charge < -0.3 is 15.3 Å². The van der Waals surface area contributed by atoms with E-state index in [1.807, 2.05) is 37.1 Å².